The summed E-state index contributed by atoms with van der Waals surface area (Å²) in [6.07, 6.45) is 1.10. The Balaban J connectivity index is 2.25. The van der Waals surface area contributed by atoms with Crippen LogP contribution in [0.3, 0.4) is 0 Å². The highest BCUT2D eigenvalue weighted by Crippen LogP contribution is 2.33. The summed E-state index contributed by atoms with van der Waals surface area (Å²) in [6, 6.07) is 11.9. The van der Waals surface area contributed by atoms with Gasteiger partial charge in [-0.2, -0.15) is 0 Å². The zero-order chi connectivity index (χ0) is 14.5. The molecule has 4 nitrogen and oxygen atoms in total. The molecule has 0 aromatic heterocycles. The molecule has 1 N–H and O–H groups in total. The molecule has 0 fully saturated rings. The first-order chi connectivity index (χ1) is 9.63. The zero-order valence-corrected chi connectivity index (χ0v) is 11.0. The van der Waals surface area contributed by atoms with Gasteiger partial charge in [-0.05, 0) is 29.8 Å². The van der Waals surface area contributed by atoms with Crippen LogP contribution >= 0.6 is 0 Å². The molecule has 0 amide bonds. The standard InChI is InChI=1S/C16H14O4/c1-3-16(18)20-12-6-4-11(5-7-12)14-9-8-13(19-2)10-15(14)17/h3-10,17H,1H2,2H3. The highest BCUT2D eigenvalue weighted by Gasteiger charge is 2.06. The number of carbonyl (C=O) groups excluding carboxylic acids is 1. The second-order valence-electron chi connectivity index (χ2n) is 4.03. The number of rotatable bonds is 4. The monoisotopic (exact) mass is 270 g/mol. The van der Waals surface area contributed by atoms with E-state index in [4.69, 9.17) is 9.47 Å². The van der Waals surface area contributed by atoms with Gasteiger partial charge < -0.3 is 14.6 Å². The van der Waals surface area contributed by atoms with Crippen molar-refractivity contribution in [2.75, 3.05) is 7.11 Å². The van der Waals surface area contributed by atoms with Gasteiger partial charge in [0.25, 0.3) is 0 Å². The summed E-state index contributed by atoms with van der Waals surface area (Å²) >= 11 is 0. The lowest BCUT2D eigenvalue weighted by atomic mass is 10.0. The average Bonchev–Trinajstić information content (AvgIpc) is 2.48. The van der Waals surface area contributed by atoms with Crippen LogP contribution in [0.4, 0.5) is 0 Å². The molecular formula is C16H14O4. The molecule has 2 rings (SSSR count). The van der Waals surface area contributed by atoms with Crippen LogP contribution in [0, 0.1) is 0 Å². The fourth-order valence-corrected chi connectivity index (χ4v) is 1.74. The molecule has 0 spiro atoms. The first-order valence-corrected chi connectivity index (χ1v) is 5.95. The first-order valence-electron chi connectivity index (χ1n) is 5.95. The lowest BCUT2D eigenvalue weighted by Gasteiger charge is -2.08. The second-order valence-corrected chi connectivity index (χ2v) is 4.03. The van der Waals surface area contributed by atoms with Crippen molar-refractivity contribution in [1.82, 2.24) is 0 Å². The van der Waals surface area contributed by atoms with Crippen molar-refractivity contribution in [3.8, 4) is 28.4 Å². The predicted molar refractivity (Wildman–Crippen MR) is 75.9 cm³/mol. The van der Waals surface area contributed by atoms with Gasteiger partial charge in [-0.1, -0.05) is 18.7 Å². The van der Waals surface area contributed by atoms with Crippen LogP contribution in [0.2, 0.25) is 0 Å². The maximum absolute atomic E-state index is 11.1. The van der Waals surface area contributed by atoms with Gasteiger partial charge >= 0.3 is 5.97 Å². The van der Waals surface area contributed by atoms with E-state index in [2.05, 4.69) is 6.58 Å². The largest absolute Gasteiger partial charge is 0.507 e. The minimum atomic E-state index is -0.509. The number of phenols is 1. The normalized spacial score (nSPS) is 9.85. The van der Waals surface area contributed by atoms with Gasteiger partial charge in [0, 0.05) is 17.7 Å². The number of carbonyl (C=O) groups is 1. The number of hydrogen-bond donors (Lipinski definition) is 1. The van der Waals surface area contributed by atoms with Crippen LogP contribution < -0.4 is 9.47 Å². The smallest absolute Gasteiger partial charge is 0.335 e. The van der Waals surface area contributed by atoms with Crippen molar-refractivity contribution in [2.24, 2.45) is 0 Å². The predicted octanol–water partition coefficient (Wildman–Crippen LogP) is 3.16. The van der Waals surface area contributed by atoms with E-state index >= 15 is 0 Å². The number of aromatic hydroxyl groups is 1. The molecular weight excluding hydrogens is 256 g/mol. The quantitative estimate of drug-likeness (QED) is 0.526. The van der Waals surface area contributed by atoms with Crippen LogP contribution in [-0.4, -0.2) is 18.2 Å². The van der Waals surface area contributed by atoms with E-state index in [9.17, 15) is 9.90 Å². The third-order valence-electron chi connectivity index (χ3n) is 2.76. The Labute approximate surface area is 116 Å². The van der Waals surface area contributed by atoms with Crippen LogP contribution in [0.15, 0.2) is 55.1 Å². The fraction of sp³-hybridized carbons (Fsp3) is 0.0625. The van der Waals surface area contributed by atoms with Gasteiger partial charge in [-0.25, -0.2) is 4.79 Å². The molecule has 0 saturated heterocycles. The lowest BCUT2D eigenvalue weighted by molar-refractivity contribution is -0.128. The SMILES string of the molecule is C=CC(=O)Oc1ccc(-c2ccc(OC)cc2O)cc1. The van der Waals surface area contributed by atoms with Crippen molar-refractivity contribution < 1.29 is 19.4 Å². The molecule has 4 heteroatoms. The lowest BCUT2D eigenvalue weighted by Crippen LogP contribution is -2.02. The number of methoxy groups -OCH3 is 1. The molecule has 2 aromatic rings. The summed E-state index contributed by atoms with van der Waals surface area (Å²) in [5.41, 5.74) is 1.48. The molecule has 0 aliphatic heterocycles. The van der Waals surface area contributed by atoms with Gasteiger partial charge in [0.05, 0.1) is 7.11 Å². The molecule has 0 heterocycles. The minimum Gasteiger partial charge on any atom is -0.507 e. The Bertz CT molecular complexity index is 629. The molecule has 0 aliphatic rings. The third-order valence-corrected chi connectivity index (χ3v) is 2.76. The fourth-order valence-electron chi connectivity index (χ4n) is 1.74. The van der Waals surface area contributed by atoms with E-state index in [0.29, 0.717) is 17.1 Å². The van der Waals surface area contributed by atoms with E-state index in [1.54, 1.807) is 42.5 Å². The maximum Gasteiger partial charge on any atom is 0.335 e. The number of esters is 1. The summed E-state index contributed by atoms with van der Waals surface area (Å²) in [4.78, 5) is 11.1. The summed E-state index contributed by atoms with van der Waals surface area (Å²) < 4.78 is 10.0. The zero-order valence-electron chi connectivity index (χ0n) is 11.0. The number of benzene rings is 2. The second kappa shape index (κ2) is 5.93. The Kier molecular flexibility index (Phi) is 4.05. The molecule has 0 unspecified atom stereocenters. The van der Waals surface area contributed by atoms with Crippen molar-refractivity contribution in [2.45, 2.75) is 0 Å². The van der Waals surface area contributed by atoms with Gasteiger partial charge in [0.15, 0.2) is 0 Å². The molecule has 0 bridgehead atoms. The molecule has 102 valence electrons. The van der Waals surface area contributed by atoms with E-state index in [1.165, 1.54) is 7.11 Å². The topological polar surface area (TPSA) is 55.8 Å². The Morgan fingerprint density at radius 2 is 1.80 bits per heavy atom. The van der Waals surface area contributed by atoms with Crippen molar-refractivity contribution >= 4 is 5.97 Å². The highest BCUT2D eigenvalue weighted by atomic mass is 16.5. The Morgan fingerprint density at radius 1 is 1.15 bits per heavy atom. The van der Waals surface area contributed by atoms with E-state index in [0.717, 1.165) is 11.6 Å². The van der Waals surface area contributed by atoms with Gasteiger partial charge in [0.2, 0.25) is 0 Å². The Morgan fingerprint density at radius 3 is 2.35 bits per heavy atom. The highest BCUT2D eigenvalue weighted by molar-refractivity contribution is 5.83. The van der Waals surface area contributed by atoms with Crippen molar-refractivity contribution in [3.05, 3.63) is 55.1 Å². The number of hydrogen-bond acceptors (Lipinski definition) is 4. The number of ether oxygens (including phenoxy) is 2. The van der Waals surface area contributed by atoms with Gasteiger partial charge in [-0.3, -0.25) is 0 Å². The van der Waals surface area contributed by atoms with E-state index in [1.807, 2.05) is 0 Å². The van der Waals surface area contributed by atoms with E-state index < -0.39 is 5.97 Å². The molecule has 0 saturated carbocycles. The van der Waals surface area contributed by atoms with Crippen LogP contribution in [0.1, 0.15) is 0 Å². The molecule has 0 radical (unpaired) electrons. The summed E-state index contributed by atoms with van der Waals surface area (Å²) in [6.45, 7) is 3.33. The number of phenolic OH excluding ortho intramolecular Hbond substituents is 1. The molecule has 0 atom stereocenters. The molecule has 0 aliphatic carbocycles. The first kappa shape index (κ1) is 13.7. The van der Waals surface area contributed by atoms with Crippen molar-refractivity contribution in [1.29, 1.82) is 0 Å². The molecule has 20 heavy (non-hydrogen) atoms. The van der Waals surface area contributed by atoms with Crippen LogP contribution in [-0.2, 0) is 4.79 Å². The average molecular weight is 270 g/mol. The Hall–Kier alpha value is -2.75. The van der Waals surface area contributed by atoms with E-state index in [-0.39, 0.29) is 5.75 Å². The van der Waals surface area contributed by atoms with Gasteiger partial charge in [0.1, 0.15) is 17.2 Å². The van der Waals surface area contributed by atoms with Crippen LogP contribution in [0.25, 0.3) is 11.1 Å². The van der Waals surface area contributed by atoms with Crippen molar-refractivity contribution in [3.63, 3.8) is 0 Å². The summed E-state index contributed by atoms with van der Waals surface area (Å²) in [5, 5.41) is 9.95. The summed E-state index contributed by atoms with van der Waals surface area (Å²) in [7, 11) is 1.54. The summed E-state index contributed by atoms with van der Waals surface area (Å²) in [5.74, 6) is 0.625. The minimum absolute atomic E-state index is 0.125. The maximum atomic E-state index is 11.1. The molecule has 2 aromatic carbocycles. The third kappa shape index (κ3) is 2.98. The van der Waals surface area contributed by atoms with Gasteiger partial charge in [-0.15, -0.1) is 0 Å². The van der Waals surface area contributed by atoms with Crippen LogP contribution in [0.5, 0.6) is 17.2 Å².